The third-order valence-corrected chi connectivity index (χ3v) is 7.97. The van der Waals surface area contributed by atoms with Gasteiger partial charge in [0.15, 0.2) is 17.3 Å². The van der Waals surface area contributed by atoms with E-state index in [9.17, 15) is 4.39 Å². The summed E-state index contributed by atoms with van der Waals surface area (Å²) in [5, 5.41) is 3.73. The van der Waals surface area contributed by atoms with E-state index in [0.29, 0.717) is 45.2 Å². The molecule has 2 fully saturated rings. The van der Waals surface area contributed by atoms with Gasteiger partial charge in [-0.3, -0.25) is 0 Å². The summed E-state index contributed by atoms with van der Waals surface area (Å²) in [6.07, 6.45) is 3.86. The predicted octanol–water partition coefficient (Wildman–Crippen LogP) is 5.90. The van der Waals surface area contributed by atoms with E-state index in [-0.39, 0.29) is 10.7 Å². The molecule has 0 amide bonds. The molecule has 1 aliphatic carbocycles. The van der Waals surface area contributed by atoms with Crippen LogP contribution in [-0.2, 0) is 0 Å². The summed E-state index contributed by atoms with van der Waals surface area (Å²) >= 11 is 9.26. The number of hydrogen-bond acceptors (Lipinski definition) is 6. The molecule has 0 bridgehead atoms. The number of halogens is 3. The van der Waals surface area contributed by atoms with E-state index in [4.69, 9.17) is 21.1 Å². The average Bonchev–Trinajstić information content (AvgIpc) is 3.34. The van der Waals surface area contributed by atoms with Crippen LogP contribution in [0.2, 0.25) is 5.02 Å². The molecule has 1 aromatic heterocycles. The molecule has 1 saturated carbocycles. The Morgan fingerprint density at radius 1 is 1.18 bits per heavy atom. The summed E-state index contributed by atoms with van der Waals surface area (Å²) in [6, 6.07) is 6.96. The van der Waals surface area contributed by atoms with E-state index >= 15 is 0 Å². The number of methoxy groups -OCH3 is 1. The van der Waals surface area contributed by atoms with Crippen LogP contribution in [0.4, 0.5) is 15.9 Å². The zero-order valence-corrected chi connectivity index (χ0v) is 20.8. The molecule has 5 rings (SSSR count). The van der Waals surface area contributed by atoms with Gasteiger partial charge in [-0.1, -0.05) is 11.6 Å². The minimum atomic E-state index is -0.558. The predicted molar refractivity (Wildman–Crippen MR) is 131 cm³/mol. The summed E-state index contributed by atoms with van der Waals surface area (Å²) < 4.78 is 26.9. The van der Waals surface area contributed by atoms with Crippen LogP contribution in [0.3, 0.4) is 0 Å². The highest BCUT2D eigenvalue weighted by atomic mass is 79.9. The summed E-state index contributed by atoms with van der Waals surface area (Å²) in [4.78, 5) is 11.1. The molecule has 33 heavy (non-hydrogen) atoms. The number of fused-ring (bicyclic) bond motifs is 2. The van der Waals surface area contributed by atoms with E-state index in [1.54, 1.807) is 19.2 Å². The molecule has 9 heteroatoms. The molecule has 2 aliphatic rings. The Hall–Kier alpha value is -2.16. The van der Waals surface area contributed by atoms with Crippen molar-refractivity contribution in [2.24, 2.45) is 17.8 Å². The zero-order chi connectivity index (χ0) is 23.1. The number of hydrogen-bond donors (Lipinski definition) is 1. The lowest BCUT2D eigenvalue weighted by atomic mass is 10.0. The SMILES string of the molecule is COc1cc2c(Nc3ccc(Br)c(Cl)c3F)ncnc2cc1OCC1C[C@@H]2CN(C)C[C@@H]2C1. The minimum Gasteiger partial charge on any atom is -0.493 e. The fourth-order valence-electron chi connectivity index (χ4n) is 5.19. The topological polar surface area (TPSA) is 59.5 Å². The van der Waals surface area contributed by atoms with Crippen LogP contribution in [0.25, 0.3) is 10.9 Å². The van der Waals surface area contributed by atoms with Crippen LogP contribution in [0.15, 0.2) is 35.1 Å². The number of anilines is 2. The van der Waals surface area contributed by atoms with Crippen LogP contribution in [-0.4, -0.2) is 48.7 Å². The van der Waals surface area contributed by atoms with Gasteiger partial charge < -0.3 is 19.7 Å². The van der Waals surface area contributed by atoms with Gasteiger partial charge in [-0.2, -0.15) is 0 Å². The van der Waals surface area contributed by atoms with Gasteiger partial charge in [-0.25, -0.2) is 14.4 Å². The number of nitrogens with zero attached hydrogens (tertiary/aromatic N) is 3. The third-order valence-electron chi connectivity index (χ3n) is 6.71. The highest BCUT2D eigenvalue weighted by molar-refractivity contribution is 9.10. The largest absolute Gasteiger partial charge is 0.493 e. The first-order valence-corrected chi connectivity index (χ1v) is 12.1. The Morgan fingerprint density at radius 3 is 2.67 bits per heavy atom. The second-order valence-electron chi connectivity index (χ2n) is 8.98. The minimum absolute atomic E-state index is 0.00864. The summed E-state index contributed by atoms with van der Waals surface area (Å²) in [5.41, 5.74) is 0.900. The Bertz CT molecular complexity index is 1180. The molecule has 1 N–H and O–H groups in total. The van der Waals surface area contributed by atoms with Gasteiger partial charge >= 0.3 is 0 Å². The highest BCUT2D eigenvalue weighted by Gasteiger charge is 2.39. The van der Waals surface area contributed by atoms with E-state index in [2.05, 4.69) is 43.2 Å². The van der Waals surface area contributed by atoms with Gasteiger partial charge in [0.25, 0.3) is 0 Å². The van der Waals surface area contributed by atoms with Crippen LogP contribution in [0.1, 0.15) is 12.8 Å². The van der Waals surface area contributed by atoms with Gasteiger partial charge in [-0.05, 0) is 71.8 Å². The van der Waals surface area contributed by atoms with Gasteiger partial charge in [0, 0.05) is 29.0 Å². The molecule has 0 radical (unpaired) electrons. The number of benzene rings is 2. The maximum Gasteiger partial charge on any atom is 0.166 e. The van der Waals surface area contributed by atoms with Crippen molar-refractivity contribution in [2.45, 2.75) is 12.8 Å². The number of likely N-dealkylation sites (tertiary alicyclic amines) is 1. The summed E-state index contributed by atoms with van der Waals surface area (Å²) in [5.74, 6) is 3.27. The number of nitrogens with one attached hydrogen (secondary N) is 1. The Kier molecular flexibility index (Phi) is 6.33. The molecule has 2 heterocycles. The maximum atomic E-state index is 14.6. The molecule has 3 atom stereocenters. The number of ether oxygens (including phenoxy) is 2. The first-order valence-electron chi connectivity index (χ1n) is 11.0. The van der Waals surface area contributed by atoms with Gasteiger partial charge in [0.1, 0.15) is 12.1 Å². The second-order valence-corrected chi connectivity index (χ2v) is 10.2. The van der Waals surface area contributed by atoms with E-state index in [0.717, 1.165) is 11.8 Å². The molecule has 3 aromatic rings. The van der Waals surface area contributed by atoms with Crippen molar-refractivity contribution in [1.82, 2.24) is 14.9 Å². The van der Waals surface area contributed by atoms with Crippen molar-refractivity contribution >= 4 is 49.9 Å². The molecule has 1 unspecified atom stereocenters. The Labute approximate surface area is 205 Å². The Morgan fingerprint density at radius 2 is 1.94 bits per heavy atom. The van der Waals surface area contributed by atoms with E-state index in [1.807, 2.05) is 12.1 Å². The smallest absolute Gasteiger partial charge is 0.166 e. The van der Waals surface area contributed by atoms with Crippen molar-refractivity contribution < 1.29 is 13.9 Å². The fourth-order valence-corrected chi connectivity index (χ4v) is 5.66. The second kappa shape index (κ2) is 9.24. The maximum absolute atomic E-state index is 14.6. The van der Waals surface area contributed by atoms with Gasteiger partial charge in [-0.15, -0.1) is 0 Å². The molecule has 1 saturated heterocycles. The molecule has 6 nitrogen and oxygen atoms in total. The van der Waals surface area contributed by atoms with Crippen LogP contribution in [0, 0.1) is 23.6 Å². The molecular formula is C24H25BrClFN4O2. The monoisotopic (exact) mass is 534 g/mol. The van der Waals surface area contributed by atoms with E-state index in [1.165, 1.54) is 32.3 Å². The summed E-state index contributed by atoms with van der Waals surface area (Å²) in [7, 11) is 3.81. The van der Waals surface area contributed by atoms with Gasteiger partial charge in [0.2, 0.25) is 0 Å². The van der Waals surface area contributed by atoms with Crippen LogP contribution >= 0.6 is 27.5 Å². The highest BCUT2D eigenvalue weighted by Crippen LogP contribution is 2.42. The lowest BCUT2D eigenvalue weighted by Gasteiger charge is -2.17. The number of rotatable bonds is 6. The number of aromatic nitrogens is 2. The van der Waals surface area contributed by atoms with Crippen molar-refractivity contribution in [1.29, 1.82) is 0 Å². The lowest BCUT2D eigenvalue weighted by molar-refractivity contribution is 0.227. The van der Waals surface area contributed by atoms with E-state index < -0.39 is 5.82 Å². The summed E-state index contributed by atoms with van der Waals surface area (Å²) in [6.45, 7) is 3.05. The Balaban J connectivity index is 1.37. The normalized spacial score (nSPS) is 22.5. The van der Waals surface area contributed by atoms with Gasteiger partial charge in [0.05, 0.1) is 29.9 Å². The average molecular weight is 536 g/mol. The first kappa shape index (κ1) is 22.6. The third kappa shape index (κ3) is 4.48. The molecule has 0 spiro atoms. The fraction of sp³-hybridized carbons (Fsp3) is 0.417. The quantitative estimate of drug-likeness (QED) is 0.397. The zero-order valence-electron chi connectivity index (χ0n) is 18.4. The molecular weight excluding hydrogens is 511 g/mol. The van der Waals surface area contributed by atoms with Crippen LogP contribution in [0.5, 0.6) is 11.5 Å². The van der Waals surface area contributed by atoms with Crippen molar-refractivity contribution in [3.05, 3.63) is 45.9 Å². The molecule has 1 aliphatic heterocycles. The molecule has 174 valence electrons. The van der Waals surface area contributed by atoms with Crippen LogP contribution < -0.4 is 14.8 Å². The van der Waals surface area contributed by atoms with Crippen molar-refractivity contribution in [2.75, 3.05) is 39.2 Å². The lowest BCUT2D eigenvalue weighted by Crippen LogP contribution is -2.18. The van der Waals surface area contributed by atoms with Crippen molar-refractivity contribution in [3.63, 3.8) is 0 Å². The standard InChI is InChI=1S/C24H25BrClFN4O2/c1-31-9-14-5-13(6-15(14)10-31)11-33-21-8-19-16(7-20(21)32-2)24(29-12-28-19)30-18-4-3-17(25)22(26)23(18)27/h3-4,7-8,12-15H,5-6,9-11H2,1-2H3,(H,28,29,30)/t13?,14-,15+. The molecule has 2 aromatic carbocycles. The van der Waals surface area contributed by atoms with Crippen molar-refractivity contribution in [3.8, 4) is 11.5 Å². The first-order chi connectivity index (χ1) is 15.9.